The minimum absolute atomic E-state index is 0.508. The van der Waals surface area contributed by atoms with E-state index in [0.29, 0.717) is 11.4 Å². The molecule has 1 atom stereocenters. The standard InChI is InChI=1S/C14H12BrClO/c15-13-4-2-1-3-11(13)9-14(17)10-5-7-12(16)8-6-10/h1-8,14,17H,9H2. The van der Waals surface area contributed by atoms with E-state index in [-0.39, 0.29) is 0 Å². The van der Waals surface area contributed by atoms with E-state index in [1.807, 2.05) is 36.4 Å². The first-order chi connectivity index (χ1) is 8.16. The lowest BCUT2D eigenvalue weighted by Crippen LogP contribution is -2.02. The molecule has 0 amide bonds. The van der Waals surface area contributed by atoms with Crippen LogP contribution in [-0.4, -0.2) is 5.11 Å². The minimum Gasteiger partial charge on any atom is -0.388 e. The van der Waals surface area contributed by atoms with E-state index in [4.69, 9.17) is 11.6 Å². The Balaban J connectivity index is 2.14. The molecule has 0 saturated heterocycles. The molecule has 2 aromatic carbocycles. The van der Waals surface area contributed by atoms with Crippen LogP contribution in [0.2, 0.25) is 5.02 Å². The smallest absolute Gasteiger partial charge is 0.0830 e. The van der Waals surface area contributed by atoms with Crippen molar-refractivity contribution in [2.75, 3.05) is 0 Å². The summed E-state index contributed by atoms with van der Waals surface area (Å²) in [4.78, 5) is 0. The van der Waals surface area contributed by atoms with Gasteiger partial charge >= 0.3 is 0 Å². The minimum atomic E-state index is -0.508. The molecule has 88 valence electrons. The normalized spacial score (nSPS) is 12.4. The van der Waals surface area contributed by atoms with E-state index in [1.54, 1.807) is 12.1 Å². The molecule has 2 aromatic rings. The Kier molecular flexibility index (Phi) is 4.21. The molecule has 17 heavy (non-hydrogen) atoms. The summed E-state index contributed by atoms with van der Waals surface area (Å²) in [5, 5.41) is 10.8. The van der Waals surface area contributed by atoms with Gasteiger partial charge in [0.2, 0.25) is 0 Å². The highest BCUT2D eigenvalue weighted by atomic mass is 79.9. The number of benzene rings is 2. The molecule has 0 heterocycles. The third-order valence-corrected chi connectivity index (χ3v) is 3.65. The van der Waals surface area contributed by atoms with Gasteiger partial charge in [0, 0.05) is 15.9 Å². The van der Waals surface area contributed by atoms with Crippen molar-refractivity contribution in [3.8, 4) is 0 Å². The van der Waals surface area contributed by atoms with E-state index in [2.05, 4.69) is 15.9 Å². The maximum atomic E-state index is 10.1. The Hall–Kier alpha value is -0.830. The molecular weight excluding hydrogens is 300 g/mol. The fraction of sp³-hybridized carbons (Fsp3) is 0.143. The summed E-state index contributed by atoms with van der Waals surface area (Å²) >= 11 is 9.29. The van der Waals surface area contributed by atoms with Gasteiger partial charge in [-0.1, -0.05) is 57.9 Å². The van der Waals surface area contributed by atoms with Crippen LogP contribution in [0, 0.1) is 0 Å². The maximum Gasteiger partial charge on any atom is 0.0830 e. The number of hydrogen-bond donors (Lipinski definition) is 1. The average molecular weight is 312 g/mol. The highest BCUT2D eigenvalue weighted by molar-refractivity contribution is 9.10. The second-order valence-electron chi connectivity index (χ2n) is 3.86. The summed E-state index contributed by atoms with van der Waals surface area (Å²) in [6, 6.07) is 15.2. The maximum absolute atomic E-state index is 10.1. The molecule has 0 fully saturated rings. The molecule has 0 saturated carbocycles. The van der Waals surface area contributed by atoms with E-state index >= 15 is 0 Å². The SMILES string of the molecule is OC(Cc1ccccc1Br)c1ccc(Cl)cc1. The summed E-state index contributed by atoms with van der Waals surface area (Å²) in [6.07, 6.45) is 0.0780. The molecule has 0 aromatic heterocycles. The van der Waals surface area contributed by atoms with Crippen molar-refractivity contribution in [2.45, 2.75) is 12.5 Å². The van der Waals surface area contributed by atoms with Crippen LogP contribution < -0.4 is 0 Å². The Morgan fingerprint density at radius 2 is 1.71 bits per heavy atom. The first-order valence-electron chi connectivity index (χ1n) is 5.34. The average Bonchev–Trinajstić information content (AvgIpc) is 2.33. The van der Waals surface area contributed by atoms with Crippen LogP contribution in [0.25, 0.3) is 0 Å². The second-order valence-corrected chi connectivity index (χ2v) is 5.15. The van der Waals surface area contributed by atoms with Gasteiger partial charge in [-0.15, -0.1) is 0 Å². The van der Waals surface area contributed by atoms with Crippen molar-refractivity contribution in [3.63, 3.8) is 0 Å². The summed E-state index contributed by atoms with van der Waals surface area (Å²) in [5.74, 6) is 0. The van der Waals surface area contributed by atoms with Crippen LogP contribution in [0.4, 0.5) is 0 Å². The van der Waals surface area contributed by atoms with E-state index < -0.39 is 6.10 Å². The number of halogens is 2. The van der Waals surface area contributed by atoms with Crippen molar-refractivity contribution >= 4 is 27.5 Å². The zero-order valence-electron chi connectivity index (χ0n) is 9.11. The molecule has 0 radical (unpaired) electrons. The first kappa shape index (κ1) is 12.6. The van der Waals surface area contributed by atoms with Crippen molar-refractivity contribution in [2.24, 2.45) is 0 Å². The third kappa shape index (κ3) is 3.32. The van der Waals surface area contributed by atoms with Gasteiger partial charge in [0.15, 0.2) is 0 Å². The van der Waals surface area contributed by atoms with Gasteiger partial charge in [0.1, 0.15) is 0 Å². The predicted octanol–water partition coefficient (Wildman–Crippen LogP) is 4.38. The zero-order valence-corrected chi connectivity index (χ0v) is 11.4. The van der Waals surface area contributed by atoms with Gasteiger partial charge in [-0.25, -0.2) is 0 Å². The summed E-state index contributed by atoms with van der Waals surface area (Å²) < 4.78 is 1.02. The largest absolute Gasteiger partial charge is 0.388 e. The molecule has 0 aliphatic carbocycles. The molecular formula is C14H12BrClO. The van der Waals surface area contributed by atoms with Crippen LogP contribution in [0.5, 0.6) is 0 Å². The quantitative estimate of drug-likeness (QED) is 0.892. The summed E-state index contributed by atoms with van der Waals surface area (Å²) in [6.45, 7) is 0. The van der Waals surface area contributed by atoms with Gasteiger partial charge in [-0.3, -0.25) is 0 Å². The molecule has 0 aliphatic heterocycles. The van der Waals surface area contributed by atoms with Gasteiger partial charge in [-0.05, 0) is 29.3 Å². The van der Waals surface area contributed by atoms with E-state index in [9.17, 15) is 5.11 Å². The molecule has 1 nitrogen and oxygen atoms in total. The Morgan fingerprint density at radius 3 is 2.35 bits per heavy atom. The van der Waals surface area contributed by atoms with Gasteiger partial charge < -0.3 is 5.11 Å². The molecule has 0 spiro atoms. The highest BCUT2D eigenvalue weighted by Gasteiger charge is 2.10. The van der Waals surface area contributed by atoms with Crippen molar-refractivity contribution < 1.29 is 5.11 Å². The van der Waals surface area contributed by atoms with E-state index in [1.165, 1.54) is 0 Å². The summed E-state index contributed by atoms with van der Waals surface area (Å²) in [5.41, 5.74) is 1.97. The van der Waals surface area contributed by atoms with Gasteiger partial charge in [0.25, 0.3) is 0 Å². The Bertz CT molecular complexity index is 496. The number of aliphatic hydroxyl groups excluding tert-OH is 1. The topological polar surface area (TPSA) is 20.2 Å². The van der Waals surface area contributed by atoms with Crippen LogP contribution >= 0.6 is 27.5 Å². The monoisotopic (exact) mass is 310 g/mol. The van der Waals surface area contributed by atoms with Crippen LogP contribution in [0.3, 0.4) is 0 Å². The van der Waals surface area contributed by atoms with Crippen LogP contribution in [-0.2, 0) is 6.42 Å². The fourth-order valence-corrected chi connectivity index (χ4v) is 2.25. The zero-order chi connectivity index (χ0) is 12.3. The predicted molar refractivity (Wildman–Crippen MR) is 74.3 cm³/mol. The Morgan fingerprint density at radius 1 is 1.06 bits per heavy atom. The first-order valence-corrected chi connectivity index (χ1v) is 6.51. The lowest BCUT2D eigenvalue weighted by molar-refractivity contribution is 0.178. The molecule has 3 heteroatoms. The van der Waals surface area contributed by atoms with Gasteiger partial charge in [-0.2, -0.15) is 0 Å². The van der Waals surface area contributed by atoms with Crippen LogP contribution in [0.15, 0.2) is 53.0 Å². The van der Waals surface area contributed by atoms with Crippen molar-refractivity contribution in [1.29, 1.82) is 0 Å². The Labute approximate surface area is 114 Å². The van der Waals surface area contributed by atoms with Crippen molar-refractivity contribution in [1.82, 2.24) is 0 Å². The lowest BCUT2D eigenvalue weighted by Gasteiger charge is -2.12. The number of hydrogen-bond acceptors (Lipinski definition) is 1. The van der Waals surface area contributed by atoms with Crippen LogP contribution in [0.1, 0.15) is 17.2 Å². The fourth-order valence-electron chi connectivity index (χ4n) is 1.68. The second kappa shape index (κ2) is 5.67. The summed E-state index contributed by atoms with van der Waals surface area (Å²) in [7, 11) is 0. The number of rotatable bonds is 3. The molecule has 1 N–H and O–H groups in total. The molecule has 2 rings (SSSR count). The van der Waals surface area contributed by atoms with E-state index in [0.717, 1.165) is 15.6 Å². The van der Waals surface area contributed by atoms with Crippen molar-refractivity contribution in [3.05, 3.63) is 69.2 Å². The molecule has 0 bridgehead atoms. The highest BCUT2D eigenvalue weighted by Crippen LogP contribution is 2.24. The van der Waals surface area contributed by atoms with Gasteiger partial charge in [0.05, 0.1) is 6.10 Å². The molecule has 1 unspecified atom stereocenters. The lowest BCUT2D eigenvalue weighted by atomic mass is 10.0. The number of aliphatic hydroxyl groups is 1. The third-order valence-electron chi connectivity index (χ3n) is 2.63. The molecule has 0 aliphatic rings.